The second kappa shape index (κ2) is 6.19. The van der Waals surface area contributed by atoms with Gasteiger partial charge in [-0.05, 0) is 13.8 Å². The van der Waals surface area contributed by atoms with Crippen molar-refractivity contribution in [2.75, 3.05) is 19.8 Å². The van der Waals surface area contributed by atoms with Crippen LogP contribution >= 0.6 is 7.60 Å². The maximum absolute atomic E-state index is 11.2. The molecule has 0 aromatic heterocycles. The van der Waals surface area contributed by atoms with Crippen molar-refractivity contribution in [1.29, 1.82) is 0 Å². The summed E-state index contributed by atoms with van der Waals surface area (Å²) in [5.41, 5.74) is -2.09. The average molecular weight is 241 g/mol. The Hall–Kier alpha value is -0.460. The summed E-state index contributed by atoms with van der Waals surface area (Å²) < 4.78 is 21.1. The van der Waals surface area contributed by atoms with E-state index in [1.807, 2.05) is 0 Å². The standard InChI is InChI=1S/C7H16NO6P/c1-3-13-7(14-4-2,5-8-6-9)15(10,11)12/h6H,3-5H2,1-2H3,(H,8,9)(H2,10,11,12). The Morgan fingerprint density at radius 2 is 1.80 bits per heavy atom. The van der Waals surface area contributed by atoms with Gasteiger partial charge in [-0.25, -0.2) is 0 Å². The molecule has 0 saturated heterocycles. The van der Waals surface area contributed by atoms with Crippen LogP contribution in [0.1, 0.15) is 13.8 Å². The van der Waals surface area contributed by atoms with Crippen LogP contribution < -0.4 is 5.32 Å². The molecule has 0 aliphatic rings. The maximum Gasteiger partial charge on any atom is 0.386 e. The molecule has 0 fully saturated rings. The summed E-state index contributed by atoms with van der Waals surface area (Å²) in [5, 5.41) is 2.14. The molecule has 0 atom stereocenters. The fraction of sp³-hybridized carbons (Fsp3) is 0.857. The first kappa shape index (κ1) is 14.5. The number of ether oxygens (including phenoxy) is 2. The van der Waals surface area contributed by atoms with Gasteiger partial charge in [-0.3, -0.25) is 9.36 Å². The van der Waals surface area contributed by atoms with Crippen molar-refractivity contribution in [3.8, 4) is 0 Å². The molecule has 0 aromatic carbocycles. The van der Waals surface area contributed by atoms with Crippen molar-refractivity contribution >= 4 is 14.0 Å². The van der Waals surface area contributed by atoms with Gasteiger partial charge in [0.1, 0.15) is 0 Å². The van der Waals surface area contributed by atoms with Crippen LogP contribution in [0, 0.1) is 0 Å². The molecule has 0 aromatic rings. The van der Waals surface area contributed by atoms with Crippen molar-refractivity contribution in [2.24, 2.45) is 0 Å². The Morgan fingerprint density at radius 3 is 2.07 bits per heavy atom. The minimum atomic E-state index is -4.64. The first-order valence-corrected chi connectivity index (χ1v) is 6.05. The third kappa shape index (κ3) is 3.89. The quantitative estimate of drug-likeness (QED) is 0.304. The SMILES string of the molecule is CCOC(CNC=O)(OCC)P(=O)(O)O. The topological polar surface area (TPSA) is 105 Å². The summed E-state index contributed by atoms with van der Waals surface area (Å²) in [5.74, 6) is 0. The Balaban J connectivity index is 4.88. The molecule has 0 aliphatic heterocycles. The smallest absolute Gasteiger partial charge is 0.353 e. The van der Waals surface area contributed by atoms with Gasteiger partial charge in [0.15, 0.2) is 0 Å². The van der Waals surface area contributed by atoms with Gasteiger partial charge in [-0.2, -0.15) is 0 Å². The van der Waals surface area contributed by atoms with E-state index in [-0.39, 0.29) is 13.2 Å². The third-order valence-electron chi connectivity index (χ3n) is 1.59. The van der Waals surface area contributed by atoms with Crippen molar-refractivity contribution in [2.45, 2.75) is 19.4 Å². The van der Waals surface area contributed by atoms with Gasteiger partial charge >= 0.3 is 7.60 Å². The van der Waals surface area contributed by atoms with Gasteiger partial charge in [0, 0.05) is 13.2 Å². The Labute approximate surface area is 87.9 Å². The van der Waals surface area contributed by atoms with E-state index >= 15 is 0 Å². The summed E-state index contributed by atoms with van der Waals surface area (Å²) in [6.07, 6.45) is 0.322. The summed E-state index contributed by atoms with van der Waals surface area (Å²) in [6, 6.07) is 0. The zero-order valence-corrected chi connectivity index (χ0v) is 9.57. The third-order valence-corrected chi connectivity index (χ3v) is 2.90. The molecular formula is C7H16NO6P. The first-order valence-electron chi connectivity index (χ1n) is 4.44. The summed E-state index contributed by atoms with van der Waals surface area (Å²) in [6.45, 7) is 2.87. The van der Waals surface area contributed by atoms with Crippen LogP contribution in [0.15, 0.2) is 0 Å². The van der Waals surface area contributed by atoms with E-state index in [1.54, 1.807) is 13.8 Å². The minimum absolute atomic E-state index is 0.0612. The fourth-order valence-electron chi connectivity index (χ4n) is 1.04. The number of nitrogens with one attached hydrogen (secondary N) is 1. The highest BCUT2D eigenvalue weighted by Crippen LogP contribution is 2.51. The molecule has 0 saturated carbocycles. The van der Waals surface area contributed by atoms with Crippen LogP contribution in [0.5, 0.6) is 0 Å². The Bertz CT molecular complexity index is 234. The molecule has 0 bridgehead atoms. The first-order chi connectivity index (χ1) is 6.93. The molecule has 0 rings (SSSR count). The molecule has 0 unspecified atom stereocenters. The Morgan fingerprint density at radius 1 is 1.33 bits per heavy atom. The highest BCUT2D eigenvalue weighted by atomic mass is 31.2. The van der Waals surface area contributed by atoms with Crippen LogP contribution in [0.3, 0.4) is 0 Å². The van der Waals surface area contributed by atoms with Gasteiger partial charge in [0.2, 0.25) is 6.41 Å². The lowest BCUT2D eigenvalue weighted by molar-refractivity contribution is -0.181. The van der Waals surface area contributed by atoms with Crippen LogP contribution in [0.2, 0.25) is 0 Å². The van der Waals surface area contributed by atoms with Gasteiger partial charge in [-0.15, -0.1) is 0 Å². The van der Waals surface area contributed by atoms with Crippen LogP contribution in [-0.2, 0) is 18.8 Å². The van der Waals surface area contributed by atoms with E-state index < -0.39 is 19.7 Å². The lowest BCUT2D eigenvalue weighted by Crippen LogP contribution is -2.45. The van der Waals surface area contributed by atoms with Crippen molar-refractivity contribution in [3.63, 3.8) is 0 Å². The fourth-order valence-corrected chi connectivity index (χ4v) is 1.93. The van der Waals surface area contributed by atoms with E-state index in [0.29, 0.717) is 6.41 Å². The van der Waals surface area contributed by atoms with Crippen LogP contribution in [0.4, 0.5) is 0 Å². The molecule has 90 valence electrons. The normalized spacial score (nSPS) is 12.5. The lowest BCUT2D eigenvalue weighted by Gasteiger charge is -2.32. The van der Waals surface area contributed by atoms with Crippen LogP contribution in [-0.4, -0.2) is 41.5 Å². The highest BCUT2D eigenvalue weighted by Gasteiger charge is 2.49. The number of rotatable bonds is 8. The largest absolute Gasteiger partial charge is 0.386 e. The molecule has 0 aliphatic carbocycles. The zero-order chi connectivity index (χ0) is 11.9. The number of carbonyl (C=O) groups excluding carboxylic acids is 1. The lowest BCUT2D eigenvalue weighted by atomic mass is 10.6. The molecule has 15 heavy (non-hydrogen) atoms. The molecule has 0 spiro atoms. The van der Waals surface area contributed by atoms with E-state index in [1.165, 1.54) is 0 Å². The molecule has 1 amide bonds. The van der Waals surface area contributed by atoms with E-state index in [9.17, 15) is 9.36 Å². The van der Waals surface area contributed by atoms with Gasteiger partial charge in [-0.1, -0.05) is 0 Å². The number of hydrogen-bond acceptors (Lipinski definition) is 4. The predicted octanol–water partition coefficient (Wildman–Crippen LogP) is -0.363. The second-order valence-corrected chi connectivity index (χ2v) is 4.39. The van der Waals surface area contributed by atoms with Gasteiger partial charge in [0.05, 0.1) is 6.54 Å². The molecule has 0 heterocycles. The average Bonchev–Trinajstić information content (AvgIpc) is 2.13. The number of carbonyl (C=O) groups is 1. The van der Waals surface area contributed by atoms with Crippen molar-refractivity contribution in [3.05, 3.63) is 0 Å². The maximum atomic E-state index is 11.2. The molecule has 3 N–H and O–H groups in total. The van der Waals surface area contributed by atoms with Crippen molar-refractivity contribution < 1.29 is 28.6 Å². The molecule has 7 nitrogen and oxygen atoms in total. The number of hydrogen-bond donors (Lipinski definition) is 3. The monoisotopic (exact) mass is 241 g/mol. The summed E-state index contributed by atoms with van der Waals surface area (Å²) in [4.78, 5) is 28.4. The second-order valence-electron chi connectivity index (χ2n) is 2.62. The van der Waals surface area contributed by atoms with E-state index in [0.717, 1.165) is 0 Å². The van der Waals surface area contributed by atoms with E-state index in [4.69, 9.17) is 19.3 Å². The molecule has 8 heteroatoms. The highest BCUT2D eigenvalue weighted by molar-refractivity contribution is 7.53. The summed E-state index contributed by atoms with van der Waals surface area (Å²) >= 11 is 0. The zero-order valence-electron chi connectivity index (χ0n) is 8.67. The molecular weight excluding hydrogens is 225 g/mol. The summed E-state index contributed by atoms with van der Waals surface area (Å²) in [7, 11) is -4.64. The van der Waals surface area contributed by atoms with Crippen molar-refractivity contribution in [1.82, 2.24) is 5.32 Å². The van der Waals surface area contributed by atoms with Gasteiger partial charge in [0.25, 0.3) is 5.53 Å². The minimum Gasteiger partial charge on any atom is -0.353 e. The predicted molar refractivity (Wildman–Crippen MR) is 52.1 cm³/mol. The molecule has 0 radical (unpaired) electrons. The van der Waals surface area contributed by atoms with Gasteiger partial charge < -0.3 is 24.6 Å². The Kier molecular flexibility index (Phi) is 6.00. The van der Waals surface area contributed by atoms with Crippen LogP contribution in [0.25, 0.3) is 0 Å². The number of amides is 1. The van der Waals surface area contributed by atoms with E-state index in [2.05, 4.69) is 5.32 Å².